The van der Waals surface area contributed by atoms with Crippen molar-refractivity contribution in [3.63, 3.8) is 0 Å². The first-order chi connectivity index (χ1) is 12.9. The Morgan fingerprint density at radius 1 is 1.11 bits per heavy atom. The van der Waals surface area contributed by atoms with Crippen LogP contribution >= 0.6 is 0 Å². The first-order valence-electron chi connectivity index (χ1n) is 8.48. The Labute approximate surface area is 155 Å². The first kappa shape index (κ1) is 16.8. The molecule has 0 aromatic heterocycles. The Morgan fingerprint density at radius 2 is 1.78 bits per heavy atom. The molecule has 4 rings (SSSR count). The first-order valence-corrected chi connectivity index (χ1v) is 8.48. The van der Waals surface area contributed by atoms with Crippen molar-refractivity contribution in [3.8, 4) is 6.07 Å². The van der Waals surface area contributed by atoms with Crippen molar-refractivity contribution in [3.05, 3.63) is 64.7 Å². The third-order valence-corrected chi connectivity index (χ3v) is 5.03. The zero-order chi connectivity index (χ0) is 19.2. The number of anilines is 1. The van der Waals surface area contributed by atoms with Gasteiger partial charge in [-0.25, -0.2) is 4.79 Å². The van der Waals surface area contributed by atoms with Crippen LogP contribution in [0.1, 0.15) is 38.8 Å². The van der Waals surface area contributed by atoms with Crippen molar-refractivity contribution in [1.82, 2.24) is 10.2 Å². The third kappa shape index (κ3) is 2.62. The molecule has 2 aromatic rings. The number of nitrogens with zero attached hydrogens (tertiary/aromatic N) is 2. The molecule has 2 N–H and O–H groups in total. The lowest BCUT2D eigenvalue weighted by Crippen LogP contribution is -2.41. The van der Waals surface area contributed by atoms with Crippen LogP contribution in [0, 0.1) is 11.3 Å². The van der Waals surface area contributed by atoms with Crippen LogP contribution in [0.5, 0.6) is 0 Å². The van der Waals surface area contributed by atoms with Gasteiger partial charge in [-0.1, -0.05) is 24.3 Å². The Hall–Kier alpha value is -3.66. The second-order valence-corrected chi connectivity index (χ2v) is 6.87. The number of amides is 4. The number of benzene rings is 2. The summed E-state index contributed by atoms with van der Waals surface area (Å²) in [5, 5.41) is 15.2. The number of carbonyl (C=O) groups is 3. The molecule has 0 spiro atoms. The zero-order valence-electron chi connectivity index (χ0n) is 14.6. The molecule has 7 nitrogen and oxygen atoms in total. The van der Waals surface area contributed by atoms with E-state index in [9.17, 15) is 19.6 Å². The summed E-state index contributed by atoms with van der Waals surface area (Å²) in [5.41, 5.74) is 1.75. The van der Waals surface area contributed by atoms with Gasteiger partial charge >= 0.3 is 6.03 Å². The fourth-order valence-corrected chi connectivity index (χ4v) is 3.42. The molecule has 0 bridgehead atoms. The maximum absolute atomic E-state index is 12.6. The Balaban J connectivity index is 1.67. The van der Waals surface area contributed by atoms with E-state index in [1.165, 1.54) is 0 Å². The molecule has 27 heavy (non-hydrogen) atoms. The van der Waals surface area contributed by atoms with E-state index in [-0.39, 0.29) is 12.6 Å². The van der Waals surface area contributed by atoms with Crippen LogP contribution < -0.4 is 10.6 Å². The lowest BCUT2D eigenvalue weighted by molar-refractivity contribution is 0.0633. The number of imide groups is 1. The molecule has 1 atom stereocenters. The number of rotatable bonds is 3. The maximum Gasteiger partial charge on any atom is 0.319 e. The van der Waals surface area contributed by atoms with E-state index in [4.69, 9.17) is 0 Å². The molecule has 2 aromatic carbocycles. The van der Waals surface area contributed by atoms with Crippen LogP contribution in [0.3, 0.4) is 0 Å². The van der Waals surface area contributed by atoms with Crippen LogP contribution in [-0.4, -0.2) is 29.3 Å². The molecule has 0 saturated heterocycles. The van der Waals surface area contributed by atoms with Gasteiger partial charge in [-0.3, -0.25) is 14.5 Å². The smallest absolute Gasteiger partial charge is 0.319 e. The second-order valence-electron chi connectivity index (χ2n) is 6.87. The molecule has 4 amide bonds. The summed E-state index contributed by atoms with van der Waals surface area (Å²) in [6.45, 7) is 2.02. The monoisotopic (exact) mass is 360 g/mol. The highest BCUT2D eigenvalue weighted by Gasteiger charge is 2.41. The SMILES string of the molecule is CC(C#N)(CN1C(=O)c2ccccc2C1=O)c1ccc2c(c1)NC(=O)NC2. The second kappa shape index (κ2) is 5.95. The van der Waals surface area contributed by atoms with E-state index in [1.807, 2.05) is 6.07 Å². The van der Waals surface area contributed by atoms with Gasteiger partial charge in [0.05, 0.1) is 29.2 Å². The number of fused-ring (bicyclic) bond motifs is 2. The number of carbonyl (C=O) groups excluding carboxylic acids is 3. The summed E-state index contributed by atoms with van der Waals surface area (Å²) in [6, 6.07) is 13.9. The van der Waals surface area contributed by atoms with Gasteiger partial charge in [-0.05, 0) is 36.2 Å². The topological polar surface area (TPSA) is 102 Å². The van der Waals surface area contributed by atoms with E-state index >= 15 is 0 Å². The number of urea groups is 1. The molecule has 1 unspecified atom stereocenters. The number of hydrogen-bond acceptors (Lipinski definition) is 4. The van der Waals surface area contributed by atoms with Gasteiger partial charge in [0.1, 0.15) is 0 Å². The minimum Gasteiger partial charge on any atom is -0.334 e. The van der Waals surface area contributed by atoms with Crippen LogP contribution in [-0.2, 0) is 12.0 Å². The minimum absolute atomic E-state index is 0.0686. The Kier molecular flexibility index (Phi) is 3.70. The minimum atomic E-state index is -1.11. The Morgan fingerprint density at radius 3 is 2.41 bits per heavy atom. The lowest BCUT2D eigenvalue weighted by atomic mass is 9.82. The van der Waals surface area contributed by atoms with Crippen molar-refractivity contribution in [2.24, 2.45) is 0 Å². The summed E-state index contributed by atoms with van der Waals surface area (Å²) >= 11 is 0. The largest absolute Gasteiger partial charge is 0.334 e. The molecule has 0 radical (unpaired) electrons. The predicted octanol–water partition coefficient (Wildman–Crippen LogP) is 2.40. The maximum atomic E-state index is 12.6. The third-order valence-electron chi connectivity index (χ3n) is 5.03. The van der Waals surface area contributed by atoms with E-state index in [1.54, 1.807) is 43.3 Å². The Bertz CT molecular complexity index is 1000. The molecule has 2 aliphatic heterocycles. The van der Waals surface area contributed by atoms with Crippen LogP contribution in [0.2, 0.25) is 0 Å². The standard InChI is InChI=1S/C20H16N4O3/c1-20(10-21,13-7-6-12-9-22-19(27)23-16(12)8-13)11-24-17(25)14-4-2-3-5-15(14)18(24)26/h2-8H,9,11H2,1H3,(H2,22,23,27). The predicted molar refractivity (Wildman–Crippen MR) is 97.1 cm³/mol. The van der Waals surface area contributed by atoms with Crippen molar-refractivity contribution < 1.29 is 14.4 Å². The van der Waals surface area contributed by atoms with Crippen molar-refractivity contribution >= 4 is 23.5 Å². The van der Waals surface area contributed by atoms with Gasteiger partial charge in [0.15, 0.2) is 0 Å². The van der Waals surface area contributed by atoms with E-state index in [0.29, 0.717) is 28.9 Å². The highest BCUT2D eigenvalue weighted by molar-refractivity contribution is 6.21. The number of nitrogens with one attached hydrogen (secondary N) is 2. The molecule has 2 aliphatic rings. The quantitative estimate of drug-likeness (QED) is 0.821. The molecule has 0 aliphatic carbocycles. The summed E-state index contributed by atoms with van der Waals surface area (Å²) in [7, 11) is 0. The summed E-state index contributed by atoms with van der Waals surface area (Å²) in [6.07, 6.45) is 0. The normalized spacial score (nSPS) is 17.3. The van der Waals surface area contributed by atoms with Crippen molar-refractivity contribution in [2.45, 2.75) is 18.9 Å². The van der Waals surface area contributed by atoms with Crippen molar-refractivity contribution in [1.29, 1.82) is 5.26 Å². The number of hydrogen-bond donors (Lipinski definition) is 2. The molecular formula is C20H16N4O3. The summed E-state index contributed by atoms with van der Waals surface area (Å²) in [5.74, 6) is -0.792. The molecule has 134 valence electrons. The lowest BCUT2D eigenvalue weighted by Gasteiger charge is -2.28. The van der Waals surface area contributed by atoms with Gasteiger partial charge in [0, 0.05) is 12.2 Å². The highest BCUT2D eigenvalue weighted by Crippen LogP contribution is 2.32. The highest BCUT2D eigenvalue weighted by atomic mass is 16.2. The van der Waals surface area contributed by atoms with Crippen LogP contribution in [0.4, 0.5) is 10.5 Å². The van der Waals surface area contributed by atoms with Gasteiger partial charge < -0.3 is 10.6 Å². The van der Waals surface area contributed by atoms with Gasteiger partial charge in [-0.2, -0.15) is 5.26 Å². The average molecular weight is 360 g/mol. The van der Waals surface area contributed by atoms with Gasteiger partial charge in [0.25, 0.3) is 11.8 Å². The van der Waals surface area contributed by atoms with Gasteiger partial charge in [0.2, 0.25) is 0 Å². The van der Waals surface area contributed by atoms with E-state index in [0.717, 1.165) is 10.5 Å². The van der Waals surface area contributed by atoms with E-state index in [2.05, 4.69) is 16.7 Å². The van der Waals surface area contributed by atoms with Gasteiger partial charge in [-0.15, -0.1) is 0 Å². The molecule has 2 heterocycles. The number of nitriles is 1. The van der Waals surface area contributed by atoms with Crippen molar-refractivity contribution in [2.75, 3.05) is 11.9 Å². The molecular weight excluding hydrogens is 344 g/mol. The molecule has 7 heteroatoms. The summed E-state index contributed by atoms with van der Waals surface area (Å²) < 4.78 is 0. The molecule has 0 saturated carbocycles. The summed E-state index contributed by atoms with van der Waals surface area (Å²) in [4.78, 5) is 38.0. The fourth-order valence-electron chi connectivity index (χ4n) is 3.42. The van der Waals surface area contributed by atoms with Crippen LogP contribution in [0.15, 0.2) is 42.5 Å². The van der Waals surface area contributed by atoms with E-state index < -0.39 is 17.2 Å². The van der Waals surface area contributed by atoms with Crippen LogP contribution in [0.25, 0.3) is 0 Å². The zero-order valence-corrected chi connectivity index (χ0v) is 14.6. The average Bonchev–Trinajstić information content (AvgIpc) is 2.92. The fraction of sp³-hybridized carbons (Fsp3) is 0.200. The molecule has 0 fully saturated rings.